The van der Waals surface area contributed by atoms with E-state index in [0.29, 0.717) is 12.1 Å². The van der Waals surface area contributed by atoms with E-state index in [9.17, 15) is 23.4 Å². The summed E-state index contributed by atoms with van der Waals surface area (Å²) in [6.07, 6.45) is 1.43. The summed E-state index contributed by atoms with van der Waals surface area (Å²) in [7, 11) is 0. The first-order chi connectivity index (χ1) is 13.3. The lowest BCUT2D eigenvalue weighted by Gasteiger charge is -2.23. The van der Waals surface area contributed by atoms with Crippen molar-refractivity contribution in [1.29, 1.82) is 0 Å². The summed E-state index contributed by atoms with van der Waals surface area (Å²) >= 11 is 0. The number of aromatic nitrogens is 3. The van der Waals surface area contributed by atoms with E-state index in [1.807, 2.05) is 13.0 Å². The molecule has 0 bridgehead atoms. The molecule has 1 saturated carbocycles. The van der Waals surface area contributed by atoms with E-state index in [4.69, 9.17) is 0 Å². The highest BCUT2D eigenvalue weighted by atomic mass is 19.2. The van der Waals surface area contributed by atoms with Gasteiger partial charge in [-0.15, -0.1) is 0 Å². The number of aliphatic hydroxyl groups excluding tert-OH is 2. The number of aliphatic hydroxyl groups is 2. The second-order valence-electron chi connectivity index (χ2n) is 7.45. The lowest BCUT2D eigenvalue weighted by molar-refractivity contribution is 0.00288. The van der Waals surface area contributed by atoms with Crippen LogP contribution in [0.5, 0.6) is 0 Å². The van der Waals surface area contributed by atoms with Gasteiger partial charge in [0.2, 0.25) is 0 Å². The molecule has 0 aliphatic heterocycles. The van der Waals surface area contributed by atoms with Crippen LogP contribution in [0.25, 0.3) is 11.0 Å². The monoisotopic (exact) mass is 391 g/mol. The molecule has 0 spiro atoms. The zero-order chi connectivity index (χ0) is 20.2. The molecule has 2 heterocycles. The van der Waals surface area contributed by atoms with Crippen molar-refractivity contribution in [3.05, 3.63) is 59.4 Å². The molecule has 5 nitrogen and oxygen atoms in total. The van der Waals surface area contributed by atoms with Crippen LogP contribution >= 0.6 is 0 Å². The van der Waals surface area contributed by atoms with Crippen LogP contribution in [0.15, 0.2) is 30.7 Å². The van der Waals surface area contributed by atoms with E-state index < -0.39 is 47.5 Å². The normalized spacial score (nSPS) is 26.1. The number of hydrogen-bond acceptors (Lipinski definition) is 4. The molecular formula is C20H20F3N3O2. The van der Waals surface area contributed by atoms with Crippen LogP contribution in [0, 0.1) is 30.3 Å². The molecule has 0 radical (unpaired) electrons. The van der Waals surface area contributed by atoms with Gasteiger partial charge in [0.25, 0.3) is 0 Å². The summed E-state index contributed by atoms with van der Waals surface area (Å²) in [5.41, 5.74) is 1.69. The molecule has 0 saturated heterocycles. The Kier molecular flexibility index (Phi) is 4.63. The van der Waals surface area contributed by atoms with Crippen LogP contribution in [0.1, 0.15) is 36.6 Å². The highest BCUT2D eigenvalue weighted by molar-refractivity contribution is 5.78. The molecule has 2 N–H and O–H groups in total. The van der Waals surface area contributed by atoms with Gasteiger partial charge in [0.15, 0.2) is 17.5 Å². The van der Waals surface area contributed by atoms with Gasteiger partial charge in [-0.3, -0.25) is 0 Å². The number of benzene rings is 1. The van der Waals surface area contributed by atoms with Crippen LogP contribution in [0.4, 0.5) is 13.2 Å². The average molecular weight is 391 g/mol. The van der Waals surface area contributed by atoms with E-state index >= 15 is 0 Å². The highest BCUT2D eigenvalue weighted by Crippen LogP contribution is 2.44. The summed E-state index contributed by atoms with van der Waals surface area (Å²) in [5, 5.41) is 22.1. The maximum Gasteiger partial charge on any atom is 0.194 e. The molecule has 148 valence electrons. The number of aryl methyl sites for hydroxylation is 1. The standard InChI is InChI=1S/C20H20F3N3O2/c1-9(11-5-14(21)17(23)15(22)6-11)13-7-16(19(28)18(13)27)26-4-3-12-10(2)24-8-25-20(12)26/h3-6,8-9,13,16,18-19,27-28H,7H2,1-2H3/t9-,13?,16?,18+,19-/m0/s1. The molecule has 1 aliphatic carbocycles. The lowest BCUT2D eigenvalue weighted by atomic mass is 9.85. The van der Waals surface area contributed by atoms with E-state index in [2.05, 4.69) is 9.97 Å². The molecule has 2 unspecified atom stereocenters. The summed E-state index contributed by atoms with van der Waals surface area (Å²) in [4.78, 5) is 8.43. The quantitative estimate of drug-likeness (QED) is 0.673. The van der Waals surface area contributed by atoms with Gasteiger partial charge in [0.05, 0.1) is 17.8 Å². The third-order valence-corrected chi connectivity index (χ3v) is 5.94. The fourth-order valence-corrected chi connectivity index (χ4v) is 4.27. The highest BCUT2D eigenvalue weighted by Gasteiger charge is 2.45. The largest absolute Gasteiger partial charge is 0.390 e. The Balaban J connectivity index is 1.67. The van der Waals surface area contributed by atoms with Crippen LogP contribution in [0.2, 0.25) is 0 Å². The van der Waals surface area contributed by atoms with Gasteiger partial charge in [-0.05, 0) is 48.9 Å². The van der Waals surface area contributed by atoms with Crippen LogP contribution in [0.3, 0.4) is 0 Å². The molecule has 3 aromatic rings. The molecule has 5 atom stereocenters. The first-order valence-electron chi connectivity index (χ1n) is 9.08. The zero-order valence-corrected chi connectivity index (χ0v) is 15.4. The predicted molar refractivity (Wildman–Crippen MR) is 96.2 cm³/mol. The van der Waals surface area contributed by atoms with Gasteiger partial charge in [-0.25, -0.2) is 23.1 Å². The zero-order valence-electron chi connectivity index (χ0n) is 15.4. The first-order valence-corrected chi connectivity index (χ1v) is 9.08. The maximum atomic E-state index is 13.6. The van der Waals surface area contributed by atoms with Crippen molar-refractivity contribution in [1.82, 2.24) is 14.5 Å². The minimum Gasteiger partial charge on any atom is -0.390 e. The number of fused-ring (bicyclic) bond motifs is 1. The molecule has 2 aromatic heterocycles. The van der Waals surface area contributed by atoms with Crippen molar-refractivity contribution in [2.45, 2.75) is 44.4 Å². The van der Waals surface area contributed by atoms with Crippen molar-refractivity contribution in [2.75, 3.05) is 0 Å². The average Bonchev–Trinajstić information content (AvgIpc) is 3.21. The summed E-state index contributed by atoms with van der Waals surface area (Å²) < 4.78 is 42.3. The Hall–Kier alpha value is -2.45. The molecule has 28 heavy (non-hydrogen) atoms. The minimum absolute atomic E-state index is 0.240. The molecule has 1 aliphatic rings. The summed E-state index contributed by atoms with van der Waals surface area (Å²) in [5.74, 6) is -5.01. The van der Waals surface area contributed by atoms with Gasteiger partial charge in [-0.1, -0.05) is 6.92 Å². The van der Waals surface area contributed by atoms with Gasteiger partial charge >= 0.3 is 0 Å². The molecule has 0 amide bonds. The van der Waals surface area contributed by atoms with Crippen LogP contribution in [-0.2, 0) is 0 Å². The van der Waals surface area contributed by atoms with Crippen molar-refractivity contribution in [2.24, 2.45) is 5.92 Å². The number of nitrogens with zero attached hydrogens (tertiary/aromatic N) is 3. The lowest BCUT2D eigenvalue weighted by Crippen LogP contribution is -2.31. The Morgan fingerprint density at radius 3 is 2.46 bits per heavy atom. The van der Waals surface area contributed by atoms with Crippen LogP contribution in [-0.4, -0.2) is 37.0 Å². The van der Waals surface area contributed by atoms with E-state index in [-0.39, 0.29) is 5.56 Å². The fourth-order valence-electron chi connectivity index (χ4n) is 4.27. The second kappa shape index (κ2) is 6.86. The van der Waals surface area contributed by atoms with Crippen molar-refractivity contribution >= 4 is 11.0 Å². The van der Waals surface area contributed by atoms with Crippen molar-refractivity contribution in [3.8, 4) is 0 Å². The second-order valence-corrected chi connectivity index (χ2v) is 7.45. The number of halogens is 3. The number of hydrogen-bond donors (Lipinski definition) is 2. The van der Waals surface area contributed by atoms with Crippen molar-refractivity contribution in [3.63, 3.8) is 0 Å². The molecule has 1 aromatic carbocycles. The van der Waals surface area contributed by atoms with Gasteiger partial charge < -0.3 is 14.8 Å². The topological polar surface area (TPSA) is 71.2 Å². The third-order valence-electron chi connectivity index (χ3n) is 5.94. The van der Waals surface area contributed by atoms with Crippen LogP contribution < -0.4 is 0 Å². The van der Waals surface area contributed by atoms with Gasteiger partial charge in [0, 0.05) is 11.6 Å². The van der Waals surface area contributed by atoms with Gasteiger partial charge in [-0.2, -0.15) is 0 Å². The maximum absolute atomic E-state index is 13.6. The van der Waals surface area contributed by atoms with Crippen molar-refractivity contribution < 1.29 is 23.4 Å². The predicted octanol–water partition coefficient (Wildman–Crippen LogP) is 3.24. The Morgan fingerprint density at radius 2 is 1.79 bits per heavy atom. The summed E-state index contributed by atoms with van der Waals surface area (Å²) in [6.45, 7) is 3.56. The summed E-state index contributed by atoms with van der Waals surface area (Å²) in [6, 6.07) is 3.28. The molecule has 8 heteroatoms. The molecule has 4 rings (SSSR count). The van der Waals surface area contributed by atoms with E-state index in [1.165, 1.54) is 6.33 Å². The third kappa shape index (κ3) is 2.87. The first kappa shape index (κ1) is 18.9. The smallest absolute Gasteiger partial charge is 0.194 e. The SMILES string of the molecule is Cc1ncnc2c1ccn2C1CC([C@@H](C)c2cc(F)c(F)c(F)c2)[C@@H](O)[C@H]1O. The van der Waals surface area contributed by atoms with Gasteiger partial charge in [0.1, 0.15) is 18.1 Å². The number of rotatable bonds is 3. The molecular weight excluding hydrogens is 371 g/mol. The fraction of sp³-hybridized carbons (Fsp3) is 0.400. The Morgan fingerprint density at radius 1 is 1.11 bits per heavy atom. The Bertz CT molecular complexity index is 1020. The molecule has 1 fully saturated rings. The Labute approximate surface area is 159 Å². The minimum atomic E-state index is -1.52. The van der Waals surface area contributed by atoms with E-state index in [0.717, 1.165) is 23.2 Å². The van der Waals surface area contributed by atoms with E-state index in [1.54, 1.807) is 17.7 Å².